The number of phenols is 1. The lowest BCUT2D eigenvalue weighted by Gasteiger charge is -2.14. The molecule has 0 saturated heterocycles. The first-order valence-corrected chi connectivity index (χ1v) is 13.4. The van der Waals surface area contributed by atoms with E-state index in [4.69, 9.17) is 11.6 Å². The van der Waals surface area contributed by atoms with Crippen molar-refractivity contribution in [1.82, 2.24) is 20.2 Å². The minimum absolute atomic E-state index is 0.0143. The van der Waals surface area contributed by atoms with E-state index in [2.05, 4.69) is 44.2 Å². The van der Waals surface area contributed by atoms with Gasteiger partial charge in [-0.05, 0) is 48.7 Å². The Morgan fingerprint density at radius 2 is 1.82 bits per heavy atom. The van der Waals surface area contributed by atoms with Crippen LogP contribution < -0.4 is 10.7 Å². The number of anilines is 1. The van der Waals surface area contributed by atoms with Crippen LogP contribution in [-0.2, 0) is 11.3 Å². The average Bonchev–Trinajstić information content (AvgIpc) is 3.36. The van der Waals surface area contributed by atoms with Crippen LogP contribution in [0, 0.1) is 0 Å². The minimum Gasteiger partial charge on any atom is -0.507 e. The van der Waals surface area contributed by atoms with Gasteiger partial charge in [-0.3, -0.25) is 9.36 Å². The Morgan fingerprint density at radius 3 is 2.67 bits per heavy atom. The van der Waals surface area contributed by atoms with Gasteiger partial charge in [0.1, 0.15) is 5.75 Å². The smallest absolute Gasteiger partial charge is 0.253 e. The molecular formula is C29H25ClN6O2S. The highest BCUT2D eigenvalue weighted by atomic mass is 35.5. The number of hydrazone groups is 1. The normalized spacial score (nSPS) is 12.1. The summed E-state index contributed by atoms with van der Waals surface area (Å²) < 4.78 is 1.94. The largest absolute Gasteiger partial charge is 0.507 e. The maximum atomic E-state index is 12.8. The number of thioether (sulfide) groups is 1. The van der Waals surface area contributed by atoms with Crippen molar-refractivity contribution in [3.63, 3.8) is 0 Å². The molecule has 3 N–H and O–H groups in total. The SMILES string of the molecule is C[C@@H](Sc1nnc(CNc2cccc3ccccc23)n1-c1ccccc1)C(=O)N/N=C/c1cc(Cl)ccc1O. The maximum absolute atomic E-state index is 12.8. The van der Waals surface area contributed by atoms with Crippen LogP contribution in [0.4, 0.5) is 5.69 Å². The van der Waals surface area contributed by atoms with Gasteiger partial charge >= 0.3 is 0 Å². The second-order valence-corrected chi connectivity index (χ2v) is 10.4. The maximum Gasteiger partial charge on any atom is 0.253 e. The molecule has 0 aliphatic rings. The van der Waals surface area contributed by atoms with E-state index in [0.717, 1.165) is 22.1 Å². The summed E-state index contributed by atoms with van der Waals surface area (Å²) in [7, 11) is 0. The molecule has 0 aliphatic heterocycles. The number of benzene rings is 4. The van der Waals surface area contributed by atoms with E-state index in [1.54, 1.807) is 19.1 Å². The first kappa shape index (κ1) is 26.3. The third-order valence-corrected chi connectivity index (χ3v) is 7.24. The summed E-state index contributed by atoms with van der Waals surface area (Å²) in [6.45, 7) is 2.20. The van der Waals surface area contributed by atoms with Crippen molar-refractivity contribution in [2.24, 2.45) is 5.10 Å². The summed E-state index contributed by atoms with van der Waals surface area (Å²) in [5.41, 5.74) is 4.80. The molecule has 0 bridgehead atoms. The highest BCUT2D eigenvalue weighted by Gasteiger charge is 2.21. The van der Waals surface area contributed by atoms with Crippen LogP contribution in [0.25, 0.3) is 16.5 Å². The number of halogens is 1. The zero-order valence-corrected chi connectivity index (χ0v) is 22.5. The number of hydrogen-bond donors (Lipinski definition) is 3. The Morgan fingerprint density at radius 1 is 1.05 bits per heavy atom. The number of aromatic nitrogens is 3. The number of fused-ring (bicyclic) bond motifs is 1. The number of aromatic hydroxyl groups is 1. The molecule has 0 unspecified atom stereocenters. The molecule has 1 heterocycles. The topological polar surface area (TPSA) is 104 Å². The molecule has 1 aromatic heterocycles. The summed E-state index contributed by atoms with van der Waals surface area (Å²) in [4.78, 5) is 12.8. The van der Waals surface area contributed by atoms with Gasteiger partial charge in [-0.25, -0.2) is 5.43 Å². The molecule has 39 heavy (non-hydrogen) atoms. The number of carbonyl (C=O) groups is 1. The second-order valence-electron chi connectivity index (χ2n) is 8.65. The monoisotopic (exact) mass is 556 g/mol. The molecule has 0 radical (unpaired) electrons. The van der Waals surface area contributed by atoms with Crippen LogP contribution in [0.3, 0.4) is 0 Å². The third kappa shape index (κ3) is 6.22. The lowest BCUT2D eigenvalue weighted by molar-refractivity contribution is -0.120. The van der Waals surface area contributed by atoms with Gasteiger partial charge in [0.15, 0.2) is 11.0 Å². The molecule has 5 rings (SSSR count). The predicted octanol–water partition coefficient (Wildman–Crippen LogP) is 6.02. The number of carbonyl (C=O) groups excluding carboxylic acids is 1. The van der Waals surface area contributed by atoms with Crippen molar-refractivity contribution in [3.8, 4) is 11.4 Å². The van der Waals surface area contributed by atoms with Gasteiger partial charge < -0.3 is 10.4 Å². The molecule has 196 valence electrons. The van der Waals surface area contributed by atoms with Crippen LogP contribution in [0.1, 0.15) is 18.3 Å². The molecule has 1 atom stereocenters. The fourth-order valence-electron chi connectivity index (χ4n) is 3.98. The molecule has 0 spiro atoms. The van der Waals surface area contributed by atoms with Crippen LogP contribution in [0.15, 0.2) is 101 Å². The van der Waals surface area contributed by atoms with Crippen LogP contribution in [0.5, 0.6) is 5.75 Å². The van der Waals surface area contributed by atoms with Gasteiger partial charge in [0, 0.05) is 27.3 Å². The average molecular weight is 557 g/mol. The predicted molar refractivity (Wildman–Crippen MR) is 157 cm³/mol. The summed E-state index contributed by atoms with van der Waals surface area (Å²) in [5.74, 6) is 0.398. The van der Waals surface area contributed by atoms with E-state index in [-0.39, 0.29) is 11.7 Å². The Labute approximate surface area is 234 Å². The van der Waals surface area contributed by atoms with Crippen molar-refractivity contribution in [1.29, 1.82) is 0 Å². The zero-order chi connectivity index (χ0) is 27.2. The Bertz CT molecular complexity index is 1630. The molecule has 8 nitrogen and oxygen atoms in total. The third-order valence-electron chi connectivity index (χ3n) is 5.96. The number of hydrogen-bond acceptors (Lipinski definition) is 7. The summed E-state index contributed by atoms with van der Waals surface area (Å²) in [6.07, 6.45) is 1.35. The highest BCUT2D eigenvalue weighted by molar-refractivity contribution is 8.00. The Balaban J connectivity index is 1.33. The number of amides is 1. The van der Waals surface area contributed by atoms with Crippen LogP contribution in [-0.4, -0.2) is 37.2 Å². The van der Waals surface area contributed by atoms with E-state index in [9.17, 15) is 9.90 Å². The van der Waals surface area contributed by atoms with Crippen LogP contribution in [0.2, 0.25) is 5.02 Å². The number of nitrogens with zero attached hydrogens (tertiary/aromatic N) is 4. The number of nitrogens with one attached hydrogen (secondary N) is 2. The van der Waals surface area contributed by atoms with Gasteiger partial charge in [-0.1, -0.05) is 78.0 Å². The van der Waals surface area contributed by atoms with Gasteiger partial charge in [-0.2, -0.15) is 5.10 Å². The second kappa shape index (κ2) is 12.0. The van der Waals surface area contributed by atoms with Crippen LogP contribution >= 0.6 is 23.4 Å². The molecule has 0 saturated carbocycles. The summed E-state index contributed by atoms with van der Waals surface area (Å²) in [6, 6.07) is 28.7. The molecule has 10 heteroatoms. The fraction of sp³-hybridized carbons (Fsp3) is 0.103. The minimum atomic E-state index is -0.527. The van der Waals surface area contributed by atoms with Gasteiger partial charge in [0.2, 0.25) is 0 Å². The highest BCUT2D eigenvalue weighted by Crippen LogP contribution is 2.28. The van der Waals surface area contributed by atoms with Crippen molar-refractivity contribution in [2.75, 3.05) is 5.32 Å². The molecule has 0 fully saturated rings. The quantitative estimate of drug-likeness (QED) is 0.116. The van der Waals surface area contributed by atoms with E-state index < -0.39 is 5.25 Å². The molecular weight excluding hydrogens is 532 g/mol. The molecule has 1 amide bonds. The first-order valence-electron chi connectivity index (χ1n) is 12.2. The summed E-state index contributed by atoms with van der Waals surface area (Å²) in [5, 5.41) is 29.0. The first-order chi connectivity index (χ1) is 19.0. The van der Waals surface area contributed by atoms with E-state index >= 15 is 0 Å². The zero-order valence-electron chi connectivity index (χ0n) is 21.0. The summed E-state index contributed by atoms with van der Waals surface area (Å²) >= 11 is 7.24. The molecule has 4 aromatic carbocycles. The van der Waals surface area contributed by atoms with Crippen molar-refractivity contribution in [2.45, 2.75) is 23.9 Å². The number of para-hydroxylation sites is 1. The molecule has 5 aromatic rings. The standard InChI is InChI=1S/C29H25ClN6O2S/c1-19(28(38)34-32-17-21-16-22(30)14-15-26(21)37)39-29-35-33-27(36(29)23-10-3-2-4-11-23)18-31-25-13-7-9-20-8-5-6-12-24(20)25/h2-17,19,31,37H,18H2,1H3,(H,34,38)/b32-17+/t19-/m1/s1. The Hall–Kier alpha value is -4.34. The van der Waals surface area contributed by atoms with E-state index in [1.165, 1.54) is 24.0 Å². The van der Waals surface area contributed by atoms with Crippen molar-refractivity contribution in [3.05, 3.63) is 107 Å². The van der Waals surface area contributed by atoms with Gasteiger partial charge in [0.25, 0.3) is 5.91 Å². The van der Waals surface area contributed by atoms with Gasteiger partial charge in [-0.15, -0.1) is 10.2 Å². The number of rotatable bonds is 9. The van der Waals surface area contributed by atoms with E-state index in [0.29, 0.717) is 28.1 Å². The lowest BCUT2D eigenvalue weighted by atomic mass is 10.1. The van der Waals surface area contributed by atoms with Crippen molar-refractivity contribution < 1.29 is 9.90 Å². The lowest BCUT2D eigenvalue weighted by Crippen LogP contribution is -2.27. The number of phenolic OH excluding ortho intramolecular Hbond substituents is 1. The molecule has 0 aliphatic carbocycles. The van der Waals surface area contributed by atoms with Gasteiger partial charge in [0.05, 0.1) is 18.0 Å². The van der Waals surface area contributed by atoms with Crippen molar-refractivity contribution >= 4 is 51.9 Å². The van der Waals surface area contributed by atoms with E-state index in [1.807, 2.05) is 59.2 Å². The Kier molecular flexibility index (Phi) is 8.10. The fourth-order valence-corrected chi connectivity index (χ4v) is 5.04.